The van der Waals surface area contributed by atoms with Gasteiger partial charge < -0.3 is 10.2 Å². The van der Waals surface area contributed by atoms with Crippen molar-refractivity contribution < 1.29 is 18.0 Å². The zero-order chi connectivity index (χ0) is 30.3. The summed E-state index contributed by atoms with van der Waals surface area (Å²) in [5.74, 6) is -0.804. The van der Waals surface area contributed by atoms with Crippen molar-refractivity contribution in [3.8, 4) is 0 Å². The lowest BCUT2D eigenvalue weighted by atomic mass is 9.94. The van der Waals surface area contributed by atoms with Gasteiger partial charge in [-0.1, -0.05) is 107 Å². The highest BCUT2D eigenvalue weighted by Crippen LogP contribution is 2.34. The molecule has 1 atom stereocenters. The van der Waals surface area contributed by atoms with Crippen molar-refractivity contribution in [3.05, 3.63) is 98.4 Å². The maximum atomic E-state index is 14.2. The van der Waals surface area contributed by atoms with Crippen molar-refractivity contribution in [2.45, 2.75) is 57.2 Å². The van der Waals surface area contributed by atoms with Gasteiger partial charge in [0, 0.05) is 23.5 Å². The number of rotatable bonds is 11. The molecule has 1 aliphatic rings. The second-order valence-corrected chi connectivity index (χ2v) is 14.1. The molecule has 1 fully saturated rings. The molecule has 0 heterocycles. The van der Waals surface area contributed by atoms with Crippen molar-refractivity contribution in [2.75, 3.05) is 17.1 Å². The summed E-state index contributed by atoms with van der Waals surface area (Å²) < 4.78 is 27.8. The third-order valence-electron chi connectivity index (χ3n) is 7.37. The first-order valence-electron chi connectivity index (χ1n) is 13.8. The number of hydrogen-bond donors (Lipinski definition) is 1. The number of nitrogens with zero attached hydrogens (tertiary/aromatic N) is 2. The number of amides is 2. The summed E-state index contributed by atoms with van der Waals surface area (Å²) in [5, 5.41) is 3.37. The normalized spacial score (nSPS) is 14.7. The molecule has 3 aromatic carbocycles. The lowest BCUT2D eigenvalue weighted by molar-refractivity contribution is -0.140. The second kappa shape index (κ2) is 14.7. The molecule has 1 saturated carbocycles. The summed E-state index contributed by atoms with van der Waals surface area (Å²) in [6.45, 7) is -0.458. The van der Waals surface area contributed by atoms with Crippen LogP contribution in [0.4, 0.5) is 5.69 Å². The van der Waals surface area contributed by atoms with Gasteiger partial charge in [0.25, 0.3) is 0 Å². The molecule has 7 nitrogen and oxygen atoms in total. The Labute approximate surface area is 266 Å². The van der Waals surface area contributed by atoms with Crippen LogP contribution in [0.5, 0.6) is 0 Å². The predicted molar refractivity (Wildman–Crippen MR) is 172 cm³/mol. The monoisotopic (exact) mass is 693 g/mol. The fourth-order valence-electron chi connectivity index (χ4n) is 5.16. The highest BCUT2D eigenvalue weighted by Gasteiger charge is 2.34. The first-order valence-corrected chi connectivity index (χ1v) is 17.2. The molecule has 0 aromatic heterocycles. The number of carbonyl (C=O) groups excluding carboxylic acids is 2. The van der Waals surface area contributed by atoms with Gasteiger partial charge >= 0.3 is 0 Å². The van der Waals surface area contributed by atoms with E-state index < -0.39 is 28.5 Å². The van der Waals surface area contributed by atoms with Crippen LogP contribution >= 0.6 is 39.1 Å². The smallest absolute Gasteiger partial charge is 0.244 e. The number of hydrogen-bond acceptors (Lipinski definition) is 4. The summed E-state index contributed by atoms with van der Waals surface area (Å²) in [5.41, 5.74) is 1.77. The molecule has 11 heteroatoms. The molecule has 3 aromatic rings. The van der Waals surface area contributed by atoms with Gasteiger partial charge in [-0.05, 0) is 48.2 Å². The van der Waals surface area contributed by atoms with Gasteiger partial charge in [0.1, 0.15) is 12.6 Å². The fourth-order valence-corrected chi connectivity index (χ4v) is 6.73. The van der Waals surface area contributed by atoms with Crippen molar-refractivity contribution >= 4 is 66.7 Å². The summed E-state index contributed by atoms with van der Waals surface area (Å²) in [4.78, 5) is 29.7. The minimum atomic E-state index is -3.96. The van der Waals surface area contributed by atoms with E-state index >= 15 is 0 Å². The Hall–Kier alpha value is -2.59. The van der Waals surface area contributed by atoms with E-state index in [9.17, 15) is 18.0 Å². The fraction of sp³-hybridized carbons (Fsp3) is 0.355. The van der Waals surface area contributed by atoms with Crippen LogP contribution in [0.3, 0.4) is 0 Å². The van der Waals surface area contributed by atoms with Crippen LogP contribution < -0.4 is 9.62 Å². The molecule has 0 saturated heterocycles. The summed E-state index contributed by atoms with van der Waals surface area (Å²) >= 11 is 16.0. The maximum absolute atomic E-state index is 14.2. The molecule has 0 radical (unpaired) electrons. The molecule has 42 heavy (non-hydrogen) atoms. The van der Waals surface area contributed by atoms with Gasteiger partial charge in [-0.25, -0.2) is 8.42 Å². The Morgan fingerprint density at radius 3 is 2.24 bits per heavy atom. The van der Waals surface area contributed by atoms with Crippen molar-refractivity contribution in [3.63, 3.8) is 0 Å². The van der Waals surface area contributed by atoms with E-state index in [4.69, 9.17) is 23.2 Å². The van der Waals surface area contributed by atoms with E-state index in [-0.39, 0.29) is 40.6 Å². The van der Waals surface area contributed by atoms with E-state index in [1.54, 1.807) is 12.1 Å². The number of halogens is 3. The van der Waals surface area contributed by atoms with Crippen LogP contribution in [0.1, 0.15) is 43.2 Å². The molecular formula is C31H34BrCl2N3O4S. The third-order valence-corrected chi connectivity index (χ3v) is 9.83. The minimum absolute atomic E-state index is 0.0210. The average Bonchev–Trinajstić information content (AvgIpc) is 2.96. The number of benzene rings is 3. The Kier molecular flexibility index (Phi) is 11.3. The van der Waals surface area contributed by atoms with E-state index in [2.05, 4.69) is 21.2 Å². The first kappa shape index (κ1) is 32.3. The van der Waals surface area contributed by atoms with Gasteiger partial charge in [0.15, 0.2) is 0 Å². The van der Waals surface area contributed by atoms with Crippen LogP contribution in [-0.4, -0.2) is 50.0 Å². The average molecular weight is 696 g/mol. The van der Waals surface area contributed by atoms with Gasteiger partial charge in [0.05, 0.1) is 22.0 Å². The molecule has 2 amide bonds. The Morgan fingerprint density at radius 2 is 1.60 bits per heavy atom. The largest absolute Gasteiger partial charge is 0.352 e. The number of sulfonamides is 1. The lowest BCUT2D eigenvalue weighted by Crippen LogP contribution is -2.55. The SMILES string of the molecule is CS(=O)(=O)N(CC(=O)N(Cc1ccc(Br)cc1)C(Cc1ccccc1)C(=O)NC1CCCCC1)c1cccc(Cl)c1Cl. The molecule has 1 aliphatic carbocycles. The van der Waals surface area contributed by atoms with Gasteiger partial charge in [0.2, 0.25) is 21.8 Å². The minimum Gasteiger partial charge on any atom is -0.352 e. The van der Waals surface area contributed by atoms with E-state index in [1.165, 1.54) is 11.0 Å². The van der Waals surface area contributed by atoms with Crippen molar-refractivity contribution in [1.29, 1.82) is 0 Å². The van der Waals surface area contributed by atoms with Crippen LogP contribution in [0, 0.1) is 0 Å². The van der Waals surface area contributed by atoms with E-state index in [0.29, 0.717) is 0 Å². The van der Waals surface area contributed by atoms with Crippen LogP contribution in [0.2, 0.25) is 10.0 Å². The van der Waals surface area contributed by atoms with E-state index in [0.717, 1.165) is 58.3 Å². The van der Waals surface area contributed by atoms with Crippen LogP contribution in [0.15, 0.2) is 77.3 Å². The first-order chi connectivity index (χ1) is 20.0. The molecule has 224 valence electrons. The van der Waals surface area contributed by atoms with Crippen molar-refractivity contribution in [2.24, 2.45) is 0 Å². The van der Waals surface area contributed by atoms with Crippen molar-refractivity contribution in [1.82, 2.24) is 10.2 Å². The molecule has 0 aliphatic heterocycles. The second-order valence-electron chi connectivity index (χ2n) is 10.5. The highest BCUT2D eigenvalue weighted by atomic mass is 79.9. The van der Waals surface area contributed by atoms with Gasteiger partial charge in [-0.2, -0.15) is 0 Å². The van der Waals surface area contributed by atoms with E-state index in [1.807, 2.05) is 54.6 Å². The predicted octanol–water partition coefficient (Wildman–Crippen LogP) is 6.61. The number of carbonyl (C=O) groups is 2. The summed E-state index contributed by atoms with van der Waals surface area (Å²) in [6, 6.07) is 20.7. The Bertz CT molecular complexity index is 1480. The Morgan fingerprint density at radius 1 is 0.929 bits per heavy atom. The molecule has 0 spiro atoms. The molecule has 0 bridgehead atoms. The zero-order valence-electron chi connectivity index (χ0n) is 23.3. The highest BCUT2D eigenvalue weighted by molar-refractivity contribution is 9.10. The number of anilines is 1. The molecule has 1 unspecified atom stereocenters. The topological polar surface area (TPSA) is 86.8 Å². The molecule has 4 rings (SSSR count). The summed E-state index contributed by atoms with van der Waals surface area (Å²) in [7, 11) is -3.96. The van der Waals surface area contributed by atoms with Gasteiger partial charge in [-0.3, -0.25) is 13.9 Å². The quantitative estimate of drug-likeness (QED) is 0.245. The molecular weight excluding hydrogens is 661 g/mol. The lowest BCUT2D eigenvalue weighted by Gasteiger charge is -2.35. The standard InChI is InChI=1S/C31H34BrCl2N3O4S/c1-42(40,41)37(27-14-8-13-26(33)30(27)34)21-29(38)36(20-23-15-17-24(32)18-16-23)28(19-22-9-4-2-5-10-22)31(39)35-25-11-6-3-7-12-25/h2,4-5,8-10,13-18,25,28H,3,6-7,11-12,19-21H2,1H3,(H,35,39). The Balaban J connectivity index is 1.73. The maximum Gasteiger partial charge on any atom is 0.244 e. The van der Waals surface area contributed by atoms with Gasteiger partial charge in [-0.15, -0.1) is 0 Å². The number of nitrogens with one attached hydrogen (secondary N) is 1. The summed E-state index contributed by atoms with van der Waals surface area (Å²) in [6.07, 6.45) is 6.27. The van der Waals surface area contributed by atoms with Crippen LogP contribution in [-0.2, 0) is 32.6 Å². The zero-order valence-corrected chi connectivity index (χ0v) is 27.2. The molecule has 1 N–H and O–H groups in total. The third kappa shape index (κ3) is 8.72. The van der Waals surface area contributed by atoms with Crippen LogP contribution in [0.25, 0.3) is 0 Å².